The van der Waals surface area contributed by atoms with Gasteiger partial charge < -0.3 is 5.32 Å². The first-order valence-electron chi connectivity index (χ1n) is 7.32. The van der Waals surface area contributed by atoms with Gasteiger partial charge in [-0.2, -0.15) is 0 Å². The number of aromatic nitrogens is 1. The lowest BCUT2D eigenvalue weighted by molar-refractivity contribution is -0.116. The number of benzene rings is 1. The average Bonchev–Trinajstić information content (AvgIpc) is 2.97. The van der Waals surface area contributed by atoms with Gasteiger partial charge >= 0.3 is 0 Å². The highest BCUT2D eigenvalue weighted by Crippen LogP contribution is 2.17. The third-order valence-corrected chi connectivity index (χ3v) is 4.93. The Morgan fingerprint density at radius 1 is 1.14 bits per heavy atom. The summed E-state index contributed by atoms with van der Waals surface area (Å²) in [6.07, 6.45) is 6.20. The molecule has 5 nitrogen and oxygen atoms in total. The highest BCUT2D eigenvalue weighted by molar-refractivity contribution is 7.90. The van der Waals surface area contributed by atoms with Gasteiger partial charge in [0.25, 0.3) is 10.0 Å². The third-order valence-electron chi connectivity index (χ3n) is 3.28. The molecule has 1 aromatic carbocycles. The molecule has 6 heteroatoms. The normalized spacial score (nSPS) is 11.3. The molecule has 0 unspecified atom stereocenters. The van der Waals surface area contributed by atoms with E-state index in [2.05, 4.69) is 12.2 Å². The second-order valence-corrected chi connectivity index (χ2v) is 6.90. The Balaban J connectivity index is 2.07. The molecule has 0 bridgehead atoms. The number of unbranched alkanes of at least 4 members (excludes halogenated alkanes) is 2. The first-order valence-corrected chi connectivity index (χ1v) is 8.76. The second-order valence-electron chi connectivity index (χ2n) is 5.05. The molecule has 2 aromatic rings. The predicted molar refractivity (Wildman–Crippen MR) is 86.2 cm³/mol. The number of carbonyl (C=O) groups is 1. The van der Waals surface area contributed by atoms with E-state index in [0.717, 1.165) is 23.2 Å². The maximum atomic E-state index is 12.4. The predicted octanol–water partition coefficient (Wildman–Crippen LogP) is 3.24. The van der Waals surface area contributed by atoms with Crippen molar-refractivity contribution in [2.75, 3.05) is 5.32 Å². The smallest absolute Gasteiger partial charge is 0.267 e. The van der Waals surface area contributed by atoms with Gasteiger partial charge in [0.2, 0.25) is 5.91 Å². The van der Waals surface area contributed by atoms with Gasteiger partial charge in [0.1, 0.15) is 0 Å². The zero-order chi connectivity index (χ0) is 16.0. The van der Waals surface area contributed by atoms with E-state index < -0.39 is 10.0 Å². The Morgan fingerprint density at radius 2 is 1.86 bits per heavy atom. The largest absolute Gasteiger partial charge is 0.325 e. The molecule has 0 aliphatic rings. The Kier molecular flexibility index (Phi) is 5.38. The van der Waals surface area contributed by atoms with Gasteiger partial charge in [-0.15, -0.1) is 0 Å². The van der Waals surface area contributed by atoms with Crippen molar-refractivity contribution < 1.29 is 13.2 Å². The minimum absolute atomic E-state index is 0.0942. The van der Waals surface area contributed by atoms with Crippen LogP contribution in [0, 0.1) is 0 Å². The van der Waals surface area contributed by atoms with E-state index in [-0.39, 0.29) is 10.8 Å². The molecule has 0 aliphatic heterocycles. The molecule has 2 rings (SSSR count). The Bertz CT molecular complexity index is 721. The quantitative estimate of drug-likeness (QED) is 0.796. The molecule has 0 saturated carbocycles. The average molecular weight is 320 g/mol. The number of rotatable bonds is 7. The molecule has 1 amide bonds. The molecule has 0 spiro atoms. The monoisotopic (exact) mass is 320 g/mol. The van der Waals surface area contributed by atoms with Crippen molar-refractivity contribution in [1.82, 2.24) is 3.97 Å². The number of nitrogens with zero attached hydrogens (tertiary/aromatic N) is 1. The van der Waals surface area contributed by atoms with Crippen molar-refractivity contribution in [1.29, 1.82) is 0 Å². The molecule has 0 radical (unpaired) electrons. The zero-order valence-electron chi connectivity index (χ0n) is 12.5. The Morgan fingerprint density at radius 3 is 2.55 bits per heavy atom. The number of nitrogens with one attached hydrogen (secondary N) is 1. The summed E-state index contributed by atoms with van der Waals surface area (Å²) < 4.78 is 25.9. The number of anilines is 1. The molecule has 1 heterocycles. The topological polar surface area (TPSA) is 68.2 Å². The highest BCUT2D eigenvalue weighted by atomic mass is 32.2. The molecule has 118 valence electrons. The van der Waals surface area contributed by atoms with E-state index in [0.29, 0.717) is 12.1 Å². The van der Waals surface area contributed by atoms with Gasteiger partial charge in [-0.3, -0.25) is 4.79 Å². The van der Waals surface area contributed by atoms with Crippen LogP contribution in [-0.4, -0.2) is 18.3 Å². The van der Waals surface area contributed by atoms with Crippen LogP contribution in [-0.2, 0) is 14.8 Å². The van der Waals surface area contributed by atoms with Gasteiger partial charge in [-0.25, -0.2) is 12.4 Å². The van der Waals surface area contributed by atoms with Crippen LogP contribution < -0.4 is 5.32 Å². The van der Waals surface area contributed by atoms with E-state index in [1.54, 1.807) is 36.4 Å². The fourth-order valence-electron chi connectivity index (χ4n) is 2.07. The van der Waals surface area contributed by atoms with Crippen molar-refractivity contribution >= 4 is 21.6 Å². The summed E-state index contributed by atoms with van der Waals surface area (Å²) in [5.74, 6) is -0.0942. The first kappa shape index (κ1) is 16.3. The van der Waals surface area contributed by atoms with E-state index in [1.165, 1.54) is 12.4 Å². The van der Waals surface area contributed by atoms with Crippen molar-refractivity contribution in [3.63, 3.8) is 0 Å². The Labute approximate surface area is 131 Å². The first-order chi connectivity index (χ1) is 10.5. The lowest BCUT2D eigenvalue weighted by Crippen LogP contribution is -2.12. The van der Waals surface area contributed by atoms with Crippen LogP contribution in [0.5, 0.6) is 0 Å². The summed E-state index contributed by atoms with van der Waals surface area (Å²) in [6, 6.07) is 9.77. The Hall–Kier alpha value is -2.08. The van der Waals surface area contributed by atoms with E-state index in [4.69, 9.17) is 0 Å². The van der Waals surface area contributed by atoms with Gasteiger partial charge in [0.15, 0.2) is 0 Å². The van der Waals surface area contributed by atoms with E-state index in [1.807, 2.05) is 0 Å². The summed E-state index contributed by atoms with van der Waals surface area (Å²) in [7, 11) is -3.61. The zero-order valence-corrected chi connectivity index (χ0v) is 13.3. The SMILES string of the molecule is CCCCCC(=O)Nc1ccn(S(=O)(=O)c2ccccc2)c1. The summed E-state index contributed by atoms with van der Waals surface area (Å²) in [4.78, 5) is 12.0. The number of hydrogen-bond donors (Lipinski definition) is 1. The summed E-state index contributed by atoms with van der Waals surface area (Å²) in [5.41, 5.74) is 0.487. The van der Waals surface area contributed by atoms with Crippen LogP contribution in [0.3, 0.4) is 0 Å². The molecule has 1 aromatic heterocycles. The second kappa shape index (κ2) is 7.26. The van der Waals surface area contributed by atoms with Crippen LogP contribution in [0.25, 0.3) is 0 Å². The van der Waals surface area contributed by atoms with Gasteiger partial charge in [0, 0.05) is 18.8 Å². The number of hydrogen-bond acceptors (Lipinski definition) is 3. The van der Waals surface area contributed by atoms with Crippen LogP contribution in [0.15, 0.2) is 53.7 Å². The summed E-state index contributed by atoms with van der Waals surface area (Å²) >= 11 is 0. The lowest BCUT2D eigenvalue weighted by atomic mass is 10.2. The maximum Gasteiger partial charge on any atom is 0.267 e. The van der Waals surface area contributed by atoms with E-state index in [9.17, 15) is 13.2 Å². The van der Waals surface area contributed by atoms with E-state index >= 15 is 0 Å². The highest BCUT2D eigenvalue weighted by Gasteiger charge is 2.16. The molecule has 0 atom stereocenters. The minimum Gasteiger partial charge on any atom is -0.325 e. The third kappa shape index (κ3) is 3.98. The molecular weight excluding hydrogens is 300 g/mol. The van der Waals surface area contributed by atoms with Crippen molar-refractivity contribution in [2.45, 2.75) is 37.5 Å². The van der Waals surface area contributed by atoms with Gasteiger partial charge in [-0.05, 0) is 24.6 Å². The van der Waals surface area contributed by atoms with Crippen LogP contribution in [0.4, 0.5) is 5.69 Å². The van der Waals surface area contributed by atoms with Crippen molar-refractivity contribution in [2.24, 2.45) is 0 Å². The fourth-order valence-corrected chi connectivity index (χ4v) is 3.29. The summed E-state index contributed by atoms with van der Waals surface area (Å²) in [6.45, 7) is 2.08. The van der Waals surface area contributed by atoms with Crippen LogP contribution >= 0.6 is 0 Å². The minimum atomic E-state index is -3.61. The molecule has 0 aliphatic carbocycles. The van der Waals surface area contributed by atoms with Crippen molar-refractivity contribution in [3.05, 3.63) is 48.8 Å². The maximum absolute atomic E-state index is 12.4. The lowest BCUT2D eigenvalue weighted by Gasteiger charge is -2.05. The molecule has 0 saturated heterocycles. The molecular formula is C16H20N2O3S. The molecule has 0 fully saturated rings. The van der Waals surface area contributed by atoms with Crippen molar-refractivity contribution in [3.8, 4) is 0 Å². The van der Waals surface area contributed by atoms with Crippen LogP contribution in [0.2, 0.25) is 0 Å². The fraction of sp³-hybridized carbons (Fsp3) is 0.312. The number of amides is 1. The molecule has 1 N–H and O–H groups in total. The van der Waals surface area contributed by atoms with Crippen LogP contribution in [0.1, 0.15) is 32.6 Å². The standard InChI is InChI=1S/C16H20N2O3S/c1-2-3-5-10-16(19)17-14-11-12-18(13-14)22(20,21)15-8-6-4-7-9-15/h4,6-9,11-13H,2-3,5,10H2,1H3,(H,17,19). The van der Waals surface area contributed by atoms with Gasteiger partial charge in [-0.1, -0.05) is 38.0 Å². The van der Waals surface area contributed by atoms with Gasteiger partial charge in [0.05, 0.1) is 10.6 Å². The summed E-state index contributed by atoms with van der Waals surface area (Å²) in [5, 5.41) is 2.72. The molecule has 22 heavy (non-hydrogen) atoms. The number of carbonyl (C=O) groups excluding carboxylic acids is 1.